The van der Waals surface area contributed by atoms with Crippen molar-refractivity contribution < 1.29 is 14.5 Å². The Labute approximate surface area is 127 Å². The zero-order valence-corrected chi connectivity index (χ0v) is 12.6. The molecule has 116 valence electrons. The molecule has 0 saturated heterocycles. The van der Waals surface area contributed by atoms with E-state index in [1.165, 1.54) is 18.2 Å². The molecule has 0 aliphatic carbocycles. The van der Waals surface area contributed by atoms with Gasteiger partial charge in [-0.15, -0.1) is 0 Å². The lowest BCUT2D eigenvalue weighted by molar-refractivity contribution is -0.385. The van der Waals surface area contributed by atoms with E-state index in [4.69, 9.17) is 22.1 Å². The Morgan fingerprint density at radius 3 is 2.76 bits per heavy atom. The number of halogens is 1. The van der Waals surface area contributed by atoms with Crippen molar-refractivity contribution in [2.24, 2.45) is 5.73 Å². The predicted octanol–water partition coefficient (Wildman–Crippen LogP) is 1.87. The maximum atomic E-state index is 11.6. The number of hydrogen-bond donors (Lipinski definition) is 2. The molecule has 1 aromatic carbocycles. The number of carbonyl (C=O) groups excluding carboxylic acids is 1. The smallest absolute Gasteiger partial charge is 0.311 e. The lowest BCUT2D eigenvalue weighted by atomic mass is 10.0. The van der Waals surface area contributed by atoms with Crippen LogP contribution in [0.1, 0.15) is 20.3 Å². The van der Waals surface area contributed by atoms with E-state index in [1.807, 2.05) is 6.92 Å². The Bertz CT molecular complexity index is 538. The Hall–Kier alpha value is -1.86. The summed E-state index contributed by atoms with van der Waals surface area (Å²) >= 11 is 5.81. The number of nitro groups is 1. The van der Waals surface area contributed by atoms with Crippen LogP contribution < -0.4 is 15.8 Å². The van der Waals surface area contributed by atoms with Gasteiger partial charge in [-0.05, 0) is 26.0 Å². The van der Waals surface area contributed by atoms with Gasteiger partial charge in [-0.25, -0.2) is 0 Å². The third-order valence-electron chi connectivity index (χ3n) is 2.94. The first-order valence-corrected chi connectivity index (χ1v) is 6.79. The average molecular weight is 316 g/mol. The first-order valence-electron chi connectivity index (χ1n) is 6.42. The van der Waals surface area contributed by atoms with Crippen molar-refractivity contribution >= 4 is 23.2 Å². The fourth-order valence-corrected chi connectivity index (χ4v) is 1.75. The second-order valence-electron chi connectivity index (χ2n) is 4.78. The molecule has 0 spiro atoms. The number of nitrogens with zero attached hydrogens (tertiary/aromatic N) is 1. The van der Waals surface area contributed by atoms with Crippen LogP contribution in [-0.4, -0.2) is 29.5 Å². The summed E-state index contributed by atoms with van der Waals surface area (Å²) in [4.78, 5) is 21.9. The predicted molar refractivity (Wildman–Crippen MR) is 79.5 cm³/mol. The molecule has 0 heterocycles. The van der Waals surface area contributed by atoms with Gasteiger partial charge in [0.25, 0.3) is 0 Å². The van der Waals surface area contributed by atoms with Crippen molar-refractivity contribution in [3.8, 4) is 5.75 Å². The number of primary amides is 1. The van der Waals surface area contributed by atoms with E-state index >= 15 is 0 Å². The number of amides is 1. The molecule has 1 rings (SSSR count). The third-order valence-corrected chi connectivity index (χ3v) is 3.18. The quantitative estimate of drug-likeness (QED) is 0.562. The van der Waals surface area contributed by atoms with Crippen LogP contribution in [0.15, 0.2) is 18.2 Å². The van der Waals surface area contributed by atoms with Gasteiger partial charge < -0.3 is 15.8 Å². The Balaban J connectivity index is 2.92. The van der Waals surface area contributed by atoms with Gasteiger partial charge in [0, 0.05) is 17.2 Å². The lowest BCUT2D eigenvalue weighted by Crippen LogP contribution is -2.57. The maximum absolute atomic E-state index is 11.6. The SMILES string of the molecule is CCCNC(C)(COc1cc(Cl)ccc1[N+](=O)[O-])C(N)=O. The van der Waals surface area contributed by atoms with Crippen LogP contribution in [-0.2, 0) is 4.79 Å². The van der Waals surface area contributed by atoms with Crippen molar-refractivity contribution in [3.63, 3.8) is 0 Å². The summed E-state index contributed by atoms with van der Waals surface area (Å²) in [7, 11) is 0. The van der Waals surface area contributed by atoms with Crippen LogP contribution in [0.4, 0.5) is 5.69 Å². The van der Waals surface area contributed by atoms with Crippen LogP contribution in [0.3, 0.4) is 0 Å². The molecule has 1 amide bonds. The molecule has 0 fully saturated rings. The maximum Gasteiger partial charge on any atom is 0.311 e. The Morgan fingerprint density at radius 2 is 2.24 bits per heavy atom. The van der Waals surface area contributed by atoms with Gasteiger partial charge in [0.15, 0.2) is 5.75 Å². The van der Waals surface area contributed by atoms with Crippen LogP contribution >= 0.6 is 11.6 Å². The summed E-state index contributed by atoms with van der Waals surface area (Å²) in [6.45, 7) is 3.96. The lowest BCUT2D eigenvalue weighted by Gasteiger charge is -2.27. The summed E-state index contributed by atoms with van der Waals surface area (Å²) in [5, 5.41) is 14.2. The van der Waals surface area contributed by atoms with Gasteiger partial charge >= 0.3 is 5.69 Å². The molecule has 8 heteroatoms. The van der Waals surface area contributed by atoms with E-state index in [-0.39, 0.29) is 18.0 Å². The topological polar surface area (TPSA) is 107 Å². The minimum absolute atomic E-state index is 0.00160. The van der Waals surface area contributed by atoms with Crippen molar-refractivity contribution in [2.45, 2.75) is 25.8 Å². The van der Waals surface area contributed by atoms with Crippen molar-refractivity contribution in [3.05, 3.63) is 33.3 Å². The Kier molecular flexibility index (Phi) is 5.92. The summed E-state index contributed by atoms with van der Waals surface area (Å²) in [5.74, 6) is -0.598. The molecule has 3 N–H and O–H groups in total. The molecule has 1 aromatic rings. The minimum Gasteiger partial charge on any atom is -0.484 e. The van der Waals surface area contributed by atoms with Crippen molar-refractivity contribution in [1.29, 1.82) is 0 Å². The number of nitrogens with two attached hydrogens (primary N) is 1. The van der Waals surface area contributed by atoms with E-state index in [1.54, 1.807) is 6.92 Å². The molecule has 0 aliphatic heterocycles. The third kappa shape index (κ3) is 4.57. The molecule has 0 saturated carbocycles. The van der Waals surface area contributed by atoms with E-state index in [0.29, 0.717) is 11.6 Å². The number of nitro benzene ring substituents is 1. The van der Waals surface area contributed by atoms with Gasteiger partial charge in [-0.1, -0.05) is 18.5 Å². The first kappa shape index (κ1) is 17.2. The largest absolute Gasteiger partial charge is 0.484 e. The number of carbonyl (C=O) groups is 1. The molecule has 0 aliphatic rings. The normalized spacial score (nSPS) is 13.5. The van der Waals surface area contributed by atoms with Gasteiger partial charge in [-0.3, -0.25) is 14.9 Å². The zero-order chi connectivity index (χ0) is 16.0. The summed E-state index contributed by atoms with van der Waals surface area (Å²) in [6, 6.07) is 3.98. The molecule has 1 atom stereocenters. The number of nitrogens with one attached hydrogen (secondary N) is 1. The van der Waals surface area contributed by atoms with Gasteiger partial charge in [0.2, 0.25) is 5.91 Å². The van der Waals surface area contributed by atoms with Gasteiger partial charge in [-0.2, -0.15) is 0 Å². The van der Waals surface area contributed by atoms with Crippen molar-refractivity contribution in [2.75, 3.05) is 13.2 Å². The number of rotatable bonds is 8. The van der Waals surface area contributed by atoms with Crippen LogP contribution in [0, 0.1) is 10.1 Å². The fraction of sp³-hybridized carbons (Fsp3) is 0.462. The van der Waals surface area contributed by atoms with E-state index in [0.717, 1.165) is 6.42 Å². The highest BCUT2D eigenvalue weighted by Crippen LogP contribution is 2.30. The minimum atomic E-state index is -1.12. The van der Waals surface area contributed by atoms with E-state index < -0.39 is 16.4 Å². The molecule has 0 aromatic heterocycles. The zero-order valence-electron chi connectivity index (χ0n) is 11.9. The molecule has 7 nitrogen and oxygen atoms in total. The second kappa shape index (κ2) is 7.24. The van der Waals surface area contributed by atoms with Gasteiger partial charge in [0.1, 0.15) is 12.1 Å². The average Bonchev–Trinajstić information content (AvgIpc) is 2.42. The monoisotopic (exact) mass is 315 g/mol. The summed E-state index contributed by atoms with van der Waals surface area (Å²) in [6.07, 6.45) is 0.806. The van der Waals surface area contributed by atoms with E-state index in [2.05, 4.69) is 5.32 Å². The number of benzene rings is 1. The van der Waals surface area contributed by atoms with Crippen LogP contribution in [0.25, 0.3) is 0 Å². The highest BCUT2D eigenvalue weighted by atomic mass is 35.5. The fourth-order valence-electron chi connectivity index (χ4n) is 1.59. The highest BCUT2D eigenvalue weighted by Gasteiger charge is 2.32. The highest BCUT2D eigenvalue weighted by molar-refractivity contribution is 6.30. The summed E-state index contributed by atoms with van der Waals surface area (Å²) < 4.78 is 5.41. The van der Waals surface area contributed by atoms with E-state index in [9.17, 15) is 14.9 Å². The Morgan fingerprint density at radius 1 is 1.57 bits per heavy atom. The molecule has 0 radical (unpaired) electrons. The van der Waals surface area contributed by atoms with Gasteiger partial charge in [0.05, 0.1) is 4.92 Å². The molecule has 21 heavy (non-hydrogen) atoms. The molecular formula is C13H18ClN3O4. The van der Waals surface area contributed by atoms with Crippen LogP contribution in [0.5, 0.6) is 5.75 Å². The number of ether oxygens (including phenoxy) is 1. The summed E-state index contributed by atoms with van der Waals surface area (Å²) in [5.41, 5.74) is 4.02. The molecular weight excluding hydrogens is 298 g/mol. The molecule has 0 bridgehead atoms. The first-order chi connectivity index (χ1) is 9.80. The standard InChI is InChI=1S/C13H18ClN3O4/c1-3-6-16-13(2,12(15)18)8-21-11-7-9(14)4-5-10(11)17(19)20/h4-5,7,16H,3,6,8H2,1-2H3,(H2,15,18). The van der Waals surface area contributed by atoms with Crippen molar-refractivity contribution in [1.82, 2.24) is 5.32 Å². The number of hydrogen-bond acceptors (Lipinski definition) is 5. The molecule has 1 unspecified atom stereocenters. The van der Waals surface area contributed by atoms with Crippen LogP contribution in [0.2, 0.25) is 5.02 Å². The second-order valence-corrected chi connectivity index (χ2v) is 5.22.